The van der Waals surface area contributed by atoms with E-state index in [0.717, 1.165) is 68.4 Å². The molecule has 1 aliphatic heterocycles. The van der Waals surface area contributed by atoms with Gasteiger partial charge in [-0.25, -0.2) is 9.59 Å². The second-order valence-electron chi connectivity index (χ2n) is 11.2. The second-order valence-corrected chi connectivity index (χ2v) is 11.2. The zero-order valence-corrected chi connectivity index (χ0v) is 24.5. The van der Waals surface area contributed by atoms with Crippen LogP contribution in [0, 0.1) is 11.8 Å². The molecule has 7 nitrogen and oxygen atoms in total. The molecular weight excluding hydrogens is 520 g/mol. The number of hydrogen-bond acceptors (Lipinski definition) is 7. The van der Waals surface area contributed by atoms with Gasteiger partial charge in [-0.05, 0) is 85.9 Å². The standard InChI is InChI=1S/C34H42O7/c1-6-7-24-20-38-34(39-21-24)27-10-8-26(9-11-27)30-18-28(14-17-31(30)41-32(35)22(2)3)25-12-15-29(16-13-25)40-33(36)23(4)19-37-5/h12-18,24,26-27,34H,2,4,6-11,19-21H2,1,3,5H3. The minimum atomic E-state index is -0.522. The van der Waals surface area contributed by atoms with Crippen molar-refractivity contribution in [2.75, 3.05) is 26.9 Å². The highest BCUT2D eigenvalue weighted by molar-refractivity contribution is 5.90. The molecule has 0 N–H and O–H groups in total. The highest BCUT2D eigenvalue weighted by atomic mass is 16.7. The minimum Gasteiger partial charge on any atom is -0.423 e. The fraction of sp³-hybridized carbons (Fsp3) is 0.471. The van der Waals surface area contributed by atoms with E-state index in [0.29, 0.717) is 28.9 Å². The van der Waals surface area contributed by atoms with Crippen LogP contribution in [-0.2, 0) is 23.8 Å². The van der Waals surface area contributed by atoms with Gasteiger partial charge in [0.05, 0.1) is 25.4 Å². The predicted molar refractivity (Wildman–Crippen MR) is 158 cm³/mol. The van der Waals surface area contributed by atoms with Crippen LogP contribution < -0.4 is 9.47 Å². The molecule has 2 fully saturated rings. The molecule has 1 saturated heterocycles. The molecule has 0 radical (unpaired) electrons. The van der Waals surface area contributed by atoms with Crippen LogP contribution in [0.3, 0.4) is 0 Å². The largest absolute Gasteiger partial charge is 0.423 e. The number of rotatable bonds is 11. The van der Waals surface area contributed by atoms with Crippen LogP contribution in [0.5, 0.6) is 11.5 Å². The Morgan fingerprint density at radius 3 is 2.17 bits per heavy atom. The van der Waals surface area contributed by atoms with Crippen molar-refractivity contribution in [3.63, 3.8) is 0 Å². The van der Waals surface area contributed by atoms with E-state index >= 15 is 0 Å². The zero-order chi connectivity index (χ0) is 29.4. The van der Waals surface area contributed by atoms with Gasteiger partial charge in [-0.3, -0.25) is 0 Å². The molecule has 2 aliphatic rings. The van der Waals surface area contributed by atoms with Crippen LogP contribution in [0.25, 0.3) is 11.1 Å². The summed E-state index contributed by atoms with van der Waals surface area (Å²) in [5, 5.41) is 0. The van der Waals surface area contributed by atoms with Crippen molar-refractivity contribution in [3.8, 4) is 22.6 Å². The van der Waals surface area contributed by atoms with Gasteiger partial charge in [-0.1, -0.05) is 44.7 Å². The van der Waals surface area contributed by atoms with E-state index in [4.69, 9.17) is 23.7 Å². The molecule has 0 aromatic heterocycles. The first kappa shape index (κ1) is 30.7. The van der Waals surface area contributed by atoms with E-state index in [-0.39, 0.29) is 24.4 Å². The summed E-state index contributed by atoms with van der Waals surface area (Å²) in [4.78, 5) is 24.6. The van der Waals surface area contributed by atoms with E-state index in [1.54, 1.807) is 19.1 Å². The second kappa shape index (κ2) is 14.6. The Morgan fingerprint density at radius 1 is 0.902 bits per heavy atom. The molecule has 1 heterocycles. The number of benzene rings is 2. The van der Waals surface area contributed by atoms with Gasteiger partial charge in [0.25, 0.3) is 0 Å². The van der Waals surface area contributed by atoms with Gasteiger partial charge in [0.1, 0.15) is 11.5 Å². The van der Waals surface area contributed by atoms with Crippen LogP contribution in [0.1, 0.15) is 63.9 Å². The Kier molecular flexibility index (Phi) is 10.9. The lowest BCUT2D eigenvalue weighted by molar-refractivity contribution is -0.229. The molecule has 4 rings (SSSR count). The summed E-state index contributed by atoms with van der Waals surface area (Å²) in [6.07, 6.45) is 6.03. The number of hydrogen-bond donors (Lipinski definition) is 0. The molecule has 41 heavy (non-hydrogen) atoms. The summed E-state index contributed by atoms with van der Waals surface area (Å²) in [6, 6.07) is 13.2. The van der Waals surface area contributed by atoms with Crippen LogP contribution in [0.15, 0.2) is 66.8 Å². The van der Waals surface area contributed by atoms with E-state index in [2.05, 4.69) is 26.1 Å². The third-order valence-electron chi connectivity index (χ3n) is 7.85. The molecule has 0 amide bonds. The molecule has 0 spiro atoms. The Bertz CT molecular complexity index is 1220. The molecule has 2 aromatic carbocycles. The number of esters is 2. The molecule has 2 aromatic rings. The van der Waals surface area contributed by atoms with Crippen molar-refractivity contribution in [1.29, 1.82) is 0 Å². The van der Waals surface area contributed by atoms with Crippen molar-refractivity contribution in [2.45, 2.75) is 64.6 Å². The lowest BCUT2D eigenvalue weighted by atomic mass is 9.77. The van der Waals surface area contributed by atoms with Gasteiger partial charge in [-0.15, -0.1) is 0 Å². The SMILES string of the molecule is C=C(C)C(=O)Oc1ccc(-c2ccc(OC(=O)C(=C)COC)cc2)cc1C1CCC(C2OCC(CCC)CO2)CC1. The quantitative estimate of drug-likeness (QED) is 0.166. The maximum absolute atomic E-state index is 12.4. The van der Waals surface area contributed by atoms with E-state index < -0.39 is 11.9 Å². The van der Waals surface area contributed by atoms with Crippen LogP contribution in [-0.4, -0.2) is 45.2 Å². The van der Waals surface area contributed by atoms with Gasteiger partial charge < -0.3 is 23.7 Å². The Morgan fingerprint density at radius 2 is 1.56 bits per heavy atom. The van der Waals surface area contributed by atoms with Gasteiger partial charge in [-0.2, -0.15) is 0 Å². The molecule has 1 saturated carbocycles. The van der Waals surface area contributed by atoms with Gasteiger partial charge in [0.2, 0.25) is 0 Å². The predicted octanol–water partition coefficient (Wildman–Crippen LogP) is 7.01. The first-order chi connectivity index (χ1) is 19.8. The number of carbonyl (C=O) groups is 2. The topological polar surface area (TPSA) is 80.3 Å². The molecule has 7 heteroatoms. The maximum Gasteiger partial charge on any atom is 0.341 e. The average Bonchev–Trinajstić information content (AvgIpc) is 2.98. The first-order valence-corrected chi connectivity index (χ1v) is 14.5. The summed E-state index contributed by atoms with van der Waals surface area (Å²) in [5.74, 6) is 1.15. The summed E-state index contributed by atoms with van der Waals surface area (Å²) in [6.45, 7) is 12.9. The van der Waals surface area contributed by atoms with Crippen molar-refractivity contribution in [3.05, 3.63) is 72.3 Å². The fourth-order valence-corrected chi connectivity index (χ4v) is 5.56. The van der Waals surface area contributed by atoms with Crippen molar-refractivity contribution >= 4 is 11.9 Å². The monoisotopic (exact) mass is 562 g/mol. The zero-order valence-electron chi connectivity index (χ0n) is 24.5. The maximum atomic E-state index is 12.4. The van der Waals surface area contributed by atoms with Crippen LogP contribution in [0.2, 0.25) is 0 Å². The number of ether oxygens (including phenoxy) is 5. The fourth-order valence-electron chi connectivity index (χ4n) is 5.56. The molecular formula is C34H42O7. The molecule has 0 bridgehead atoms. The van der Waals surface area contributed by atoms with Crippen molar-refractivity contribution in [2.24, 2.45) is 11.8 Å². The van der Waals surface area contributed by atoms with E-state index in [1.807, 2.05) is 24.3 Å². The van der Waals surface area contributed by atoms with Crippen LogP contribution >= 0.6 is 0 Å². The summed E-state index contributed by atoms with van der Waals surface area (Å²) < 4.78 is 28.4. The highest BCUT2D eigenvalue weighted by Gasteiger charge is 2.33. The number of carbonyl (C=O) groups excluding carboxylic acids is 2. The highest BCUT2D eigenvalue weighted by Crippen LogP contribution is 2.43. The third kappa shape index (κ3) is 8.15. The first-order valence-electron chi connectivity index (χ1n) is 14.5. The lowest BCUT2D eigenvalue weighted by Gasteiger charge is -2.38. The van der Waals surface area contributed by atoms with Gasteiger partial charge in [0.15, 0.2) is 6.29 Å². The Labute approximate surface area is 243 Å². The minimum absolute atomic E-state index is 0.115. The number of methoxy groups -OCH3 is 1. The van der Waals surface area contributed by atoms with E-state index in [9.17, 15) is 9.59 Å². The Hall–Kier alpha value is -3.26. The lowest BCUT2D eigenvalue weighted by Crippen LogP contribution is -2.38. The molecule has 220 valence electrons. The van der Waals surface area contributed by atoms with E-state index in [1.165, 1.54) is 7.11 Å². The average molecular weight is 563 g/mol. The van der Waals surface area contributed by atoms with Gasteiger partial charge >= 0.3 is 11.9 Å². The Balaban J connectivity index is 1.48. The summed E-state index contributed by atoms with van der Waals surface area (Å²) in [5.41, 5.74) is 3.56. The smallest absolute Gasteiger partial charge is 0.341 e. The van der Waals surface area contributed by atoms with Crippen molar-refractivity contribution in [1.82, 2.24) is 0 Å². The molecule has 0 atom stereocenters. The molecule has 0 unspecified atom stereocenters. The summed E-state index contributed by atoms with van der Waals surface area (Å²) in [7, 11) is 1.50. The third-order valence-corrected chi connectivity index (χ3v) is 7.85. The molecule has 1 aliphatic carbocycles. The van der Waals surface area contributed by atoms with Crippen molar-refractivity contribution < 1.29 is 33.3 Å². The van der Waals surface area contributed by atoms with Crippen LogP contribution in [0.4, 0.5) is 0 Å². The summed E-state index contributed by atoms with van der Waals surface area (Å²) >= 11 is 0. The van der Waals surface area contributed by atoms with Gasteiger partial charge in [0, 0.05) is 24.5 Å². The normalized spacial score (nSPS) is 22.5.